The predicted molar refractivity (Wildman–Crippen MR) is 86.0 cm³/mol. The van der Waals surface area contributed by atoms with E-state index >= 15 is 0 Å². The van der Waals surface area contributed by atoms with Crippen molar-refractivity contribution in [1.82, 2.24) is 0 Å². The van der Waals surface area contributed by atoms with Gasteiger partial charge in [-0.25, -0.2) is 0 Å². The minimum atomic E-state index is -0.225. The van der Waals surface area contributed by atoms with Crippen LogP contribution in [-0.4, -0.2) is 17.4 Å². The molecule has 1 aromatic rings. The Kier molecular flexibility index (Phi) is 5.08. The Balaban J connectivity index is 2.15. The summed E-state index contributed by atoms with van der Waals surface area (Å²) < 4.78 is 0. The van der Waals surface area contributed by atoms with Gasteiger partial charge in [-0.2, -0.15) is 5.26 Å². The van der Waals surface area contributed by atoms with Crippen molar-refractivity contribution in [1.29, 1.82) is 5.26 Å². The molecule has 108 valence electrons. The van der Waals surface area contributed by atoms with Crippen LogP contribution >= 0.6 is 0 Å². The summed E-state index contributed by atoms with van der Waals surface area (Å²) in [7, 11) is 0. The third kappa shape index (κ3) is 3.68. The van der Waals surface area contributed by atoms with Crippen LogP contribution in [0.4, 0.5) is 0 Å². The van der Waals surface area contributed by atoms with Gasteiger partial charge in [-0.05, 0) is 37.3 Å². The van der Waals surface area contributed by atoms with Crippen molar-refractivity contribution < 1.29 is 5.11 Å². The van der Waals surface area contributed by atoms with Gasteiger partial charge in [-0.1, -0.05) is 30.9 Å². The highest BCUT2D eigenvalue weighted by molar-refractivity contribution is 5.89. The van der Waals surface area contributed by atoms with Crippen LogP contribution in [0.25, 0.3) is 5.70 Å². The lowest BCUT2D eigenvalue weighted by atomic mass is 10.0. The van der Waals surface area contributed by atoms with Crippen LogP contribution < -0.4 is 0 Å². The first kappa shape index (κ1) is 15.2. The molecule has 0 aromatic heterocycles. The summed E-state index contributed by atoms with van der Waals surface area (Å²) in [6.07, 6.45) is 5.71. The molecule has 1 aromatic carbocycles. The Morgan fingerprint density at radius 2 is 2.29 bits per heavy atom. The monoisotopic (exact) mass is 280 g/mol. The van der Waals surface area contributed by atoms with Gasteiger partial charge in [0, 0.05) is 17.7 Å². The smallest absolute Gasteiger partial charge is 0.0968 e. The standard InChI is InChI=1S/C18H20N2O/c1-13(9-10-15(11-19)12-21)20-14(2)17-7-3-5-16-6-4-8-18(16)17/h3,5,7,10,21H,2,4,6,8-9,12H2,1H3/b15-10-,20-13?. The van der Waals surface area contributed by atoms with Crippen LogP contribution in [-0.2, 0) is 12.8 Å². The molecule has 0 aliphatic heterocycles. The second kappa shape index (κ2) is 7.01. The number of aliphatic imine (C=N–C) groups is 1. The van der Waals surface area contributed by atoms with Gasteiger partial charge in [0.15, 0.2) is 0 Å². The molecule has 0 saturated heterocycles. The predicted octanol–water partition coefficient (Wildman–Crippen LogP) is 3.44. The SMILES string of the molecule is C=C(N=C(C)C/C=C(/C#N)CO)c1cccc2c1CCC2. The number of benzene rings is 1. The van der Waals surface area contributed by atoms with E-state index in [4.69, 9.17) is 10.4 Å². The van der Waals surface area contributed by atoms with Crippen molar-refractivity contribution in [2.45, 2.75) is 32.6 Å². The van der Waals surface area contributed by atoms with Gasteiger partial charge in [0.2, 0.25) is 0 Å². The molecule has 3 nitrogen and oxygen atoms in total. The minimum absolute atomic E-state index is 0.225. The molecule has 1 N–H and O–H groups in total. The summed E-state index contributed by atoms with van der Waals surface area (Å²) in [5, 5.41) is 17.7. The maximum Gasteiger partial charge on any atom is 0.0968 e. The number of fused-ring (bicyclic) bond motifs is 1. The van der Waals surface area contributed by atoms with Crippen molar-refractivity contribution in [2.24, 2.45) is 4.99 Å². The summed E-state index contributed by atoms with van der Waals surface area (Å²) in [5.41, 5.74) is 5.96. The van der Waals surface area contributed by atoms with E-state index in [0.717, 1.165) is 29.8 Å². The Morgan fingerprint density at radius 1 is 1.48 bits per heavy atom. The van der Waals surface area contributed by atoms with Gasteiger partial charge in [0.1, 0.15) is 0 Å². The Bertz CT molecular complexity index is 648. The molecule has 3 heteroatoms. The number of nitrogens with zero attached hydrogens (tertiary/aromatic N) is 2. The summed E-state index contributed by atoms with van der Waals surface area (Å²) in [5.74, 6) is 0. The molecule has 0 amide bonds. The van der Waals surface area contributed by atoms with Gasteiger partial charge in [-0.15, -0.1) is 0 Å². The lowest BCUT2D eigenvalue weighted by molar-refractivity contribution is 0.335. The number of aliphatic hydroxyl groups excluding tert-OH is 1. The van der Waals surface area contributed by atoms with Crippen molar-refractivity contribution in [3.05, 3.63) is 53.1 Å². The topological polar surface area (TPSA) is 56.4 Å². The van der Waals surface area contributed by atoms with Crippen LogP contribution in [0.15, 0.2) is 41.4 Å². The fourth-order valence-electron chi connectivity index (χ4n) is 2.64. The van der Waals surface area contributed by atoms with Gasteiger partial charge in [-0.3, -0.25) is 4.99 Å². The van der Waals surface area contributed by atoms with Gasteiger partial charge < -0.3 is 5.11 Å². The molecule has 0 fully saturated rings. The zero-order valence-corrected chi connectivity index (χ0v) is 12.4. The van der Waals surface area contributed by atoms with Crippen LogP contribution in [0.1, 0.15) is 36.5 Å². The second-order valence-corrected chi connectivity index (χ2v) is 5.29. The third-order valence-corrected chi connectivity index (χ3v) is 3.74. The van der Waals surface area contributed by atoms with Crippen LogP contribution in [0.2, 0.25) is 0 Å². The lowest BCUT2D eigenvalue weighted by Crippen LogP contribution is -1.95. The second-order valence-electron chi connectivity index (χ2n) is 5.29. The number of aliphatic hydroxyl groups is 1. The zero-order chi connectivity index (χ0) is 15.2. The first-order chi connectivity index (χ1) is 10.2. The zero-order valence-electron chi connectivity index (χ0n) is 12.4. The van der Waals surface area contributed by atoms with E-state index in [2.05, 4.69) is 29.8 Å². The summed E-state index contributed by atoms with van der Waals surface area (Å²) in [6.45, 7) is 5.78. The van der Waals surface area contributed by atoms with Crippen molar-refractivity contribution in [3.8, 4) is 6.07 Å². The van der Waals surface area contributed by atoms with E-state index in [1.165, 1.54) is 17.5 Å². The number of nitriles is 1. The molecule has 1 aliphatic carbocycles. The molecular formula is C18H20N2O. The quantitative estimate of drug-likeness (QED) is 0.663. The first-order valence-electron chi connectivity index (χ1n) is 7.20. The van der Waals surface area contributed by atoms with Gasteiger partial charge in [0.25, 0.3) is 0 Å². The molecule has 21 heavy (non-hydrogen) atoms. The lowest BCUT2D eigenvalue weighted by Gasteiger charge is -2.08. The molecule has 0 radical (unpaired) electrons. The molecular weight excluding hydrogens is 260 g/mol. The molecule has 0 heterocycles. The van der Waals surface area contributed by atoms with Crippen molar-refractivity contribution in [3.63, 3.8) is 0 Å². The summed E-state index contributed by atoms with van der Waals surface area (Å²) in [4.78, 5) is 4.55. The van der Waals surface area contributed by atoms with E-state index in [1.54, 1.807) is 6.08 Å². The average molecular weight is 280 g/mol. The number of hydrogen-bond donors (Lipinski definition) is 1. The maximum atomic E-state index is 8.96. The normalized spacial score (nSPS) is 14.7. The van der Waals surface area contributed by atoms with E-state index in [1.807, 2.05) is 13.0 Å². The van der Waals surface area contributed by atoms with Crippen LogP contribution in [0.5, 0.6) is 0 Å². The Hall–Kier alpha value is -2.18. The fourth-order valence-corrected chi connectivity index (χ4v) is 2.64. The van der Waals surface area contributed by atoms with Crippen LogP contribution in [0, 0.1) is 11.3 Å². The summed E-state index contributed by atoms with van der Waals surface area (Å²) >= 11 is 0. The Morgan fingerprint density at radius 3 is 3.00 bits per heavy atom. The maximum absolute atomic E-state index is 8.96. The van der Waals surface area contributed by atoms with Gasteiger partial charge in [0.05, 0.1) is 23.9 Å². The highest BCUT2D eigenvalue weighted by atomic mass is 16.3. The molecule has 0 unspecified atom stereocenters. The molecule has 0 bridgehead atoms. The largest absolute Gasteiger partial charge is 0.391 e. The van der Waals surface area contributed by atoms with Crippen molar-refractivity contribution >= 4 is 11.4 Å². The number of aryl methyl sites for hydroxylation is 1. The van der Waals surface area contributed by atoms with E-state index in [9.17, 15) is 0 Å². The minimum Gasteiger partial charge on any atom is -0.391 e. The average Bonchev–Trinajstić information content (AvgIpc) is 2.96. The third-order valence-electron chi connectivity index (χ3n) is 3.74. The molecule has 2 rings (SSSR count). The molecule has 0 atom stereocenters. The highest BCUT2D eigenvalue weighted by Crippen LogP contribution is 2.29. The number of allylic oxidation sites excluding steroid dienone is 1. The van der Waals surface area contributed by atoms with E-state index < -0.39 is 0 Å². The van der Waals surface area contributed by atoms with E-state index in [0.29, 0.717) is 12.0 Å². The number of hydrogen-bond acceptors (Lipinski definition) is 3. The Labute approximate surface area is 126 Å². The highest BCUT2D eigenvalue weighted by Gasteiger charge is 2.15. The molecule has 0 spiro atoms. The van der Waals surface area contributed by atoms with Crippen LogP contribution in [0.3, 0.4) is 0 Å². The first-order valence-corrected chi connectivity index (χ1v) is 7.20. The number of rotatable bonds is 5. The van der Waals surface area contributed by atoms with Gasteiger partial charge >= 0.3 is 0 Å². The molecule has 1 aliphatic rings. The fraction of sp³-hybridized carbons (Fsp3) is 0.333. The molecule has 0 saturated carbocycles. The van der Waals surface area contributed by atoms with Crippen molar-refractivity contribution in [2.75, 3.05) is 6.61 Å². The van der Waals surface area contributed by atoms with E-state index in [-0.39, 0.29) is 6.61 Å². The summed E-state index contributed by atoms with van der Waals surface area (Å²) in [6, 6.07) is 8.28.